The number of pyridine rings is 1. The van der Waals surface area contributed by atoms with Crippen LogP contribution < -0.4 is 10.6 Å². The van der Waals surface area contributed by atoms with Crippen molar-refractivity contribution in [2.24, 2.45) is 11.8 Å². The van der Waals surface area contributed by atoms with E-state index < -0.39 is 39.9 Å². The largest absolute Gasteiger partial charge is 0.480 e. The van der Waals surface area contributed by atoms with Crippen molar-refractivity contribution in [3.8, 4) is 0 Å². The lowest BCUT2D eigenvalue weighted by Gasteiger charge is -2.44. The van der Waals surface area contributed by atoms with E-state index in [-0.39, 0.29) is 61.8 Å². The number of carbonyl (C=O) groups is 3. The van der Waals surface area contributed by atoms with Crippen LogP contribution in [-0.2, 0) is 26.0 Å². The monoisotopic (exact) mass is 726 g/mol. The van der Waals surface area contributed by atoms with Gasteiger partial charge in [0.1, 0.15) is 12.1 Å². The molecule has 1 aliphatic heterocycles. The van der Waals surface area contributed by atoms with Gasteiger partial charge in [-0.3, -0.25) is 14.6 Å². The zero-order chi connectivity index (χ0) is 33.2. The number of hydrogen-bond donors (Lipinski definition) is 3. The molecule has 1 saturated heterocycles. The Bertz CT molecular complexity index is 1720. The number of nitrogens with zero attached hydrogens (tertiary/aromatic N) is 2. The predicted octanol–water partition coefficient (Wildman–Crippen LogP) is 6.33. The second kappa shape index (κ2) is 14.5. The Hall–Kier alpha value is -2.93. The van der Waals surface area contributed by atoms with Crippen LogP contribution in [0.25, 0.3) is 0 Å². The summed E-state index contributed by atoms with van der Waals surface area (Å²) < 4.78 is 29.0. The predicted molar refractivity (Wildman–Crippen MR) is 176 cm³/mol. The molecule has 3 aromatic rings. The topological polar surface area (TPSA) is 146 Å². The molecule has 2 unspecified atom stereocenters. The van der Waals surface area contributed by atoms with Gasteiger partial charge in [0.25, 0.3) is 5.91 Å². The standard InChI is InChI=1S/C31H30Cl4N4O6S/c32-20-11-21(33)13-23(12-20)46(44,45)39-16-19-4-2-1-3-18(19)10-27(39)29(40)38-26(31(42)43)9-17-5-7-22(8-6-17)37-30(41)28-24(34)14-36-15-25(28)35/h5-8,11-15,18-19,26-27H,1-4,9-10,16H2,(H,37,41)(H,38,40)(H,42,43)/t18?,19?,26-,27-/m0/s1. The number of rotatable bonds is 9. The van der Waals surface area contributed by atoms with Crippen molar-refractivity contribution in [3.05, 3.63) is 86.1 Å². The van der Waals surface area contributed by atoms with Crippen molar-refractivity contribution < 1.29 is 27.9 Å². The molecule has 1 saturated carbocycles. The van der Waals surface area contributed by atoms with E-state index in [0.717, 1.165) is 25.7 Å². The van der Waals surface area contributed by atoms with E-state index in [2.05, 4.69) is 15.6 Å². The van der Waals surface area contributed by atoms with Crippen LogP contribution in [0.4, 0.5) is 5.69 Å². The Balaban J connectivity index is 1.32. The molecule has 15 heteroatoms. The molecule has 2 fully saturated rings. The van der Waals surface area contributed by atoms with Gasteiger partial charge in [0, 0.05) is 41.1 Å². The van der Waals surface area contributed by atoms with E-state index in [9.17, 15) is 27.9 Å². The number of nitrogens with one attached hydrogen (secondary N) is 2. The van der Waals surface area contributed by atoms with Crippen molar-refractivity contribution in [2.45, 2.75) is 55.5 Å². The van der Waals surface area contributed by atoms with Crippen molar-refractivity contribution >= 4 is 79.9 Å². The van der Waals surface area contributed by atoms with E-state index in [1.165, 1.54) is 34.9 Å². The molecule has 1 aromatic heterocycles. The van der Waals surface area contributed by atoms with Crippen LogP contribution in [0.3, 0.4) is 0 Å². The van der Waals surface area contributed by atoms with Gasteiger partial charge in [-0.1, -0.05) is 77.8 Å². The maximum Gasteiger partial charge on any atom is 0.326 e. The van der Waals surface area contributed by atoms with Crippen LogP contribution in [0.2, 0.25) is 20.1 Å². The summed E-state index contributed by atoms with van der Waals surface area (Å²) in [7, 11) is -4.21. The quantitative estimate of drug-likeness (QED) is 0.234. The molecule has 3 N–H and O–H groups in total. The highest BCUT2D eigenvalue weighted by atomic mass is 35.5. The van der Waals surface area contributed by atoms with Crippen LogP contribution in [0, 0.1) is 11.8 Å². The summed E-state index contributed by atoms with van der Waals surface area (Å²) in [6, 6.07) is 7.90. The Labute approximate surface area is 286 Å². The molecule has 2 aromatic carbocycles. The third-order valence-corrected chi connectivity index (χ3v) is 11.3. The molecule has 0 radical (unpaired) electrons. The second-order valence-corrected chi connectivity index (χ2v) is 15.0. The Morgan fingerprint density at radius 2 is 1.54 bits per heavy atom. The van der Waals surface area contributed by atoms with Crippen LogP contribution in [-0.4, -0.2) is 59.2 Å². The van der Waals surface area contributed by atoms with Gasteiger partial charge in [-0.25, -0.2) is 13.2 Å². The van der Waals surface area contributed by atoms with Gasteiger partial charge in [0.15, 0.2) is 0 Å². The van der Waals surface area contributed by atoms with Gasteiger partial charge in [-0.15, -0.1) is 0 Å². The average molecular weight is 728 g/mol. The number of carbonyl (C=O) groups excluding carboxylic acids is 2. The number of fused-ring (bicyclic) bond motifs is 1. The van der Waals surface area contributed by atoms with Crippen molar-refractivity contribution in [2.75, 3.05) is 11.9 Å². The van der Waals surface area contributed by atoms with Crippen LogP contribution in [0.1, 0.15) is 48.0 Å². The van der Waals surface area contributed by atoms with Gasteiger partial charge in [-0.05, 0) is 60.6 Å². The van der Waals surface area contributed by atoms with Gasteiger partial charge in [0.2, 0.25) is 15.9 Å². The minimum absolute atomic E-state index is 0.0628. The molecule has 5 rings (SSSR count). The number of anilines is 1. The molecule has 1 aliphatic carbocycles. The van der Waals surface area contributed by atoms with Gasteiger partial charge < -0.3 is 15.7 Å². The van der Waals surface area contributed by atoms with E-state index in [1.807, 2.05) is 0 Å². The van der Waals surface area contributed by atoms with Crippen LogP contribution in [0.15, 0.2) is 59.8 Å². The normalized spacial score (nSPS) is 20.7. The van der Waals surface area contributed by atoms with E-state index in [1.54, 1.807) is 24.3 Å². The summed E-state index contributed by atoms with van der Waals surface area (Å²) in [6.45, 7) is 0.135. The molecule has 2 heterocycles. The molecule has 46 heavy (non-hydrogen) atoms. The first-order chi connectivity index (χ1) is 21.8. The smallest absolute Gasteiger partial charge is 0.326 e. The molecule has 4 atom stereocenters. The lowest BCUT2D eigenvalue weighted by atomic mass is 9.73. The van der Waals surface area contributed by atoms with E-state index >= 15 is 0 Å². The van der Waals surface area contributed by atoms with E-state index in [4.69, 9.17) is 46.4 Å². The van der Waals surface area contributed by atoms with Gasteiger partial charge in [0.05, 0.1) is 20.5 Å². The Kier molecular flexibility index (Phi) is 10.8. The van der Waals surface area contributed by atoms with Crippen molar-refractivity contribution in [1.29, 1.82) is 0 Å². The molecule has 0 bridgehead atoms. The number of amides is 2. The number of aromatic nitrogens is 1. The molecule has 2 aliphatic rings. The Morgan fingerprint density at radius 3 is 2.15 bits per heavy atom. The number of carboxylic acids is 1. The van der Waals surface area contributed by atoms with Crippen LogP contribution >= 0.6 is 46.4 Å². The molecular formula is C31H30Cl4N4O6S. The minimum Gasteiger partial charge on any atom is -0.480 e. The van der Waals surface area contributed by atoms with Crippen molar-refractivity contribution in [3.63, 3.8) is 0 Å². The summed E-state index contributed by atoms with van der Waals surface area (Å²) in [5.41, 5.74) is 1.02. The highest BCUT2D eigenvalue weighted by Gasteiger charge is 2.46. The van der Waals surface area contributed by atoms with Gasteiger partial charge >= 0.3 is 5.97 Å². The Morgan fingerprint density at radius 1 is 0.935 bits per heavy atom. The van der Waals surface area contributed by atoms with Crippen LogP contribution in [0.5, 0.6) is 0 Å². The lowest BCUT2D eigenvalue weighted by Crippen LogP contribution is -2.58. The molecule has 244 valence electrons. The fourth-order valence-corrected chi connectivity index (χ4v) is 9.08. The fraction of sp³-hybridized carbons (Fsp3) is 0.355. The highest BCUT2D eigenvalue weighted by molar-refractivity contribution is 7.89. The lowest BCUT2D eigenvalue weighted by molar-refractivity contribution is -0.142. The van der Waals surface area contributed by atoms with E-state index in [0.29, 0.717) is 11.3 Å². The zero-order valence-electron chi connectivity index (χ0n) is 24.3. The number of sulfonamides is 1. The summed E-state index contributed by atoms with van der Waals surface area (Å²) in [5.74, 6) is -2.30. The highest BCUT2D eigenvalue weighted by Crippen LogP contribution is 2.41. The first-order valence-corrected chi connectivity index (χ1v) is 17.5. The maximum atomic E-state index is 13.9. The average Bonchev–Trinajstić information content (AvgIpc) is 3.00. The van der Waals surface area contributed by atoms with Gasteiger partial charge in [-0.2, -0.15) is 4.31 Å². The SMILES string of the molecule is O=C(Nc1ccc(C[C@H](NC(=O)[C@@H]2CC3CCCCC3CN2S(=O)(=O)c2cc(Cl)cc(Cl)c2)C(=O)O)cc1)c1c(Cl)cncc1Cl. The second-order valence-electron chi connectivity index (χ2n) is 11.5. The third kappa shape index (κ3) is 7.78. The zero-order valence-corrected chi connectivity index (χ0v) is 28.1. The number of benzene rings is 2. The number of carboxylic acid groups (broad SMARTS) is 1. The summed E-state index contributed by atoms with van der Waals surface area (Å²) in [6.07, 6.45) is 6.46. The van der Waals surface area contributed by atoms with Crippen molar-refractivity contribution in [1.82, 2.24) is 14.6 Å². The third-order valence-electron chi connectivity index (χ3n) is 8.45. The molecule has 10 nitrogen and oxygen atoms in total. The number of piperidine rings is 1. The number of halogens is 4. The first-order valence-electron chi connectivity index (χ1n) is 14.5. The minimum atomic E-state index is -4.21. The summed E-state index contributed by atoms with van der Waals surface area (Å²) >= 11 is 24.4. The number of aliphatic carboxylic acids is 1. The number of hydrogen-bond acceptors (Lipinski definition) is 6. The maximum absolute atomic E-state index is 13.9. The summed E-state index contributed by atoms with van der Waals surface area (Å²) in [4.78, 5) is 42.4. The first kappa shape index (κ1) is 34.4. The summed E-state index contributed by atoms with van der Waals surface area (Å²) in [5, 5.41) is 15.7. The molecule has 2 amide bonds. The molecular weight excluding hydrogens is 698 g/mol. The fourth-order valence-electron chi connectivity index (χ4n) is 6.16. The molecule has 0 spiro atoms.